The molecule has 0 aliphatic rings. The maximum atomic E-state index is 11.0. The lowest BCUT2D eigenvalue weighted by Gasteiger charge is -2.28. The normalized spacial score (nSPS) is 13.9. The van der Waals surface area contributed by atoms with Crippen LogP contribution in [0.3, 0.4) is 0 Å². The van der Waals surface area contributed by atoms with Crippen molar-refractivity contribution < 1.29 is 19.7 Å². The molecule has 0 amide bonds. The van der Waals surface area contributed by atoms with Crippen molar-refractivity contribution in [2.75, 3.05) is 20.3 Å². The van der Waals surface area contributed by atoms with Gasteiger partial charge in [-0.3, -0.25) is 10.1 Å². The smallest absolute Gasteiger partial charge is 0.322 e. The maximum Gasteiger partial charge on any atom is 0.322 e. The number of esters is 1. The summed E-state index contributed by atoms with van der Waals surface area (Å²) in [5.74, 6) is -0.423. The van der Waals surface area contributed by atoms with E-state index in [0.717, 1.165) is 0 Å². The number of carbonyl (C=O) groups excluding carboxylic acids is 1. The van der Waals surface area contributed by atoms with Crippen LogP contribution in [0.5, 0.6) is 0 Å². The van der Waals surface area contributed by atoms with Crippen LogP contribution in [0.4, 0.5) is 0 Å². The van der Waals surface area contributed by atoms with Gasteiger partial charge in [-0.25, -0.2) is 0 Å². The zero-order valence-corrected chi connectivity index (χ0v) is 8.20. The van der Waals surface area contributed by atoms with Crippen molar-refractivity contribution in [3.05, 3.63) is 0 Å². The zero-order chi connectivity index (χ0) is 10.5. The fraction of sp³-hybridized carbons (Fsp3) is 0.875. The van der Waals surface area contributed by atoms with Crippen molar-refractivity contribution in [2.24, 2.45) is 0 Å². The number of nitrogens with one attached hydrogen (secondary N) is 1. The number of methoxy groups -OCH3 is 1. The summed E-state index contributed by atoms with van der Waals surface area (Å²) in [6.07, 6.45) is 0. The molecule has 5 heteroatoms. The molecule has 0 aromatic rings. The van der Waals surface area contributed by atoms with Crippen LogP contribution in [0.25, 0.3) is 0 Å². The number of hydrogen-bond donors (Lipinski definition) is 3. The third-order valence-electron chi connectivity index (χ3n) is 1.82. The second kappa shape index (κ2) is 5.16. The summed E-state index contributed by atoms with van der Waals surface area (Å²) in [7, 11) is 1.29. The molecule has 0 saturated carbocycles. The highest BCUT2D eigenvalue weighted by molar-refractivity contribution is 5.75. The minimum Gasteiger partial charge on any atom is -0.468 e. The average molecular weight is 191 g/mol. The standard InChI is InChI=1S/C8H17NO4/c1-6(7(12)13-3)9-8(2,4-10)5-11/h6,9-11H,4-5H2,1-3H3. The summed E-state index contributed by atoms with van der Waals surface area (Å²) in [4.78, 5) is 11.0. The summed E-state index contributed by atoms with van der Waals surface area (Å²) in [5, 5.41) is 20.6. The molecule has 0 aromatic heterocycles. The molecule has 78 valence electrons. The van der Waals surface area contributed by atoms with Gasteiger partial charge in [0.05, 0.1) is 25.9 Å². The highest BCUT2D eigenvalue weighted by Gasteiger charge is 2.27. The molecule has 0 bridgehead atoms. The fourth-order valence-electron chi connectivity index (χ4n) is 0.900. The molecule has 5 nitrogen and oxygen atoms in total. The Morgan fingerprint density at radius 2 is 2.00 bits per heavy atom. The lowest BCUT2D eigenvalue weighted by atomic mass is 10.0. The first-order valence-electron chi connectivity index (χ1n) is 4.06. The van der Waals surface area contributed by atoms with Crippen molar-refractivity contribution in [1.82, 2.24) is 5.32 Å². The van der Waals surface area contributed by atoms with Gasteiger partial charge in [-0.15, -0.1) is 0 Å². The third kappa shape index (κ3) is 3.71. The van der Waals surface area contributed by atoms with Gasteiger partial charge in [0.15, 0.2) is 0 Å². The lowest BCUT2D eigenvalue weighted by molar-refractivity contribution is -0.143. The largest absolute Gasteiger partial charge is 0.468 e. The Morgan fingerprint density at radius 1 is 1.54 bits per heavy atom. The number of rotatable bonds is 5. The minimum atomic E-state index is -0.854. The zero-order valence-electron chi connectivity index (χ0n) is 8.20. The van der Waals surface area contributed by atoms with E-state index in [9.17, 15) is 4.79 Å². The van der Waals surface area contributed by atoms with E-state index in [2.05, 4.69) is 10.1 Å². The molecule has 0 fully saturated rings. The molecule has 1 unspecified atom stereocenters. The first kappa shape index (κ1) is 12.3. The molecule has 13 heavy (non-hydrogen) atoms. The first-order chi connectivity index (χ1) is 5.99. The highest BCUT2D eigenvalue weighted by Crippen LogP contribution is 2.03. The summed E-state index contributed by atoms with van der Waals surface area (Å²) in [5.41, 5.74) is -0.854. The van der Waals surface area contributed by atoms with Crippen LogP contribution in [0, 0.1) is 0 Å². The summed E-state index contributed by atoms with van der Waals surface area (Å²) in [6.45, 7) is 2.73. The van der Waals surface area contributed by atoms with Crippen LogP contribution in [0.1, 0.15) is 13.8 Å². The van der Waals surface area contributed by atoms with Crippen molar-refractivity contribution in [1.29, 1.82) is 0 Å². The average Bonchev–Trinajstić information content (AvgIpc) is 2.16. The monoisotopic (exact) mass is 191 g/mol. The van der Waals surface area contributed by atoms with Gasteiger partial charge in [0, 0.05) is 0 Å². The van der Waals surface area contributed by atoms with E-state index in [4.69, 9.17) is 10.2 Å². The molecule has 0 heterocycles. The minimum absolute atomic E-state index is 0.245. The third-order valence-corrected chi connectivity index (χ3v) is 1.82. The molecule has 3 N–H and O–H groups in total. The second-order valence-corrected chi connectivity index (χ2v) is 3.27. The molecular formula is C8H17NO4. The topological polar surface area (TPSA) is 78.8 Å². The van der Waals surface area contributed by atoms with Crippen molar-refractivity contribution in [3.63, 3.8) is 0 Å². The van der Waals surface area contributed by atoms with E-state index in [1.54, 1.807) is 13.8 Å². The number of aliphatic hydroxyl groups excluding tert-OH is 2. The molecule has 0 radical (unpaired) electrons. The Morgan fingerprint density at radius 3 is 2.31 bits per heavy atom. The van der Waals surface area contributed by atoms with Gasteiger partial charge in [-0.1, -0.05) is 0 Å². The molecule has 0 rings (SSSR count). The van der Waals surface area contributed by atoms with Crippen LogP contribution < -0.4 is 5.32 Å². The molecule has 1 atom stereocenters. The van der Waals surface area contributed by atoms with Crippen molar-refractivity contribution in [2.45, 2.75) is 25.4 Å². The number of carbonyl (C=O) groups is 1. The second-order valence-electron chi connectivity index (χ2n) is 3.27. The van der Waals surface area contributed by atoms with Gasteiger partial charge in [0.1, 0.15) is 6.04 Å². The predicted octanol–water partition coefficient (Wildman–Crippen LogP) is -1.12. The molecular weight excluding hydrogens is 174 g/mol. The molecule has 0 spiro atoms. The Kier molecular flexibility index (Phi) is 4.90. The van der Waals surface area contributed by atoms with E-state index in [-0.39, 0.29) is 13.2 Å². The Balaban J connectivity index is 4.16. The van der Waals surface area contributed by atoms with Crippen molar-refractivity contribution >= 4 is 5.97 Å². The number of aliphatic hydroxyl groups is 2. The van der Waals surface area contributed by atoms with Gasteiger partial charge in [-0.2, -0.15) is 0 Å². The van der Waals surface area contributed by atoms with Gasteiger partial charge >= 0.3 is 5.97 Å². The van der Waals surface area contributed by atoms with E-state index in [1.807, 2.05) is 0 Å². The number of hydrogen-bond acceptors (Lipinski definition) is 5. The van der Waals surface area contributed by atoms with Crippen LogP contribution in [-0.2, 0) is 9.53 Å². The molecule has 0 aromatic carbocycles. The predicted molar refractivity (Wildman–Crippen MR) is 47.2 cm³/mol. The molecule has 0 aliphatic carbocycles. The highest BCUT2D eigenvalue weighted by atomic mass is 16.5. The Bertz CT molecular complexity index is 168. The van der Waals surface area contributed by atoms with Gasteiger partial charge < -0.3 is 14.9 Å². The SMILES string of the molecule is COC(=O)C(C)NC(C)(CO)CO. The number of ether oxygens (including phenoxy) is 1. The van der Waals surface area contributed by atoms with Gasteiger partial charge in [-0.05, 0) is 13.8 Å². The van der Waals surface area contributed by atoms with E-state index in [1.165, 1.54) is 7.11 Å². The van der Waals surface area contributed by atoms with Crippen LogP contribution in [0.15, 0.2) is 0 Å². The molecule has 0 aliphatic heterocycles. The summed E-state index contributed by atoms with van der Waals surface area (Å²) < 4.78 is 4.48. The van der Waals surface area contributed by atoms with Crippen molar-refractivity contribution in [3.8, 4) is 0 Å². The van der Waals surface area contributed by atoms with Gasteiger partial charge in [0.25, 0.3) is 0 Å². The summed E-state index contributed by atoms with van der Waals surface area (Å²) in [6, 6.07) is -0.547. The Labute approximate surface area is 77.7 Å². The Hall–Kier alpha value is -0.650. The molecule has 0 saturated heterocycles. The fourth-order valence-corrected chi connectivity index (χ4v) is 0.900. The van der Waals surface area contributed by atoms with E-state index in [0.29, 0.717) is 0 Å². The van der Waals surface area contributed by atoms with E-state index < -0.39 is 17.6 Å². The summed E-state index contributed by atoms with van der Waals surface area (Å²) >= 11 is 0. The van der Waals surface area contributed by atoms with Crippen LogP contribution >= 0.6 is 0 Å². The van der Waals surface area contributed by atoms with Crippen LogP contribution in [-0.4, -0.2) is 48.1 Å². The van der Waals surface area contributed by atoms with Crippen LogP contribution in [0.2, 0.25) is 0 Å². The van der Waals surface area contributed by atoms with E-state index >= 15 is 0 Å². The quantitative estimate of drug-likeness (QED) is 0.480. The first-order valence-corrected chi connectivity index (χ1v) is 4.06. The lowest BCUT2D eigenvalue weighted by Crippen LogP contribution is -2.55. The maximum absolute atomic E-state index is 11.0. The van der Waals surface area contributed by atoms with Gasteiger partial charge in [0.2, 0.25) is 0 Å².